The van der Waals surface area contributed by atoms with Crippen LogP contribution >= 0.6 is 11.6 Å². The van der Waals surface area contributed by atoms with E-state index in [4.69, 9.17) is 11.6 Å². The Labute approximate surface area is 125 Å². The number of pyridine rings is 1. The van der Waals surface area contributed by atoms with Crippen LogP contribution in [0.1, 0.15) is 41.9 Å². The number of aromatic nitrogens is 4. The highest BCUT2D eigenvalue weighted by Crippen LogP contribution is 2.40. The summed E-state index contributed by atoms with van der Waals surface area (Å²) in [4.78, 5) is 12.0. The van der Waals surface area contributed by atoms with Crippen LogP contribution in [0, 0.1) is 0 Å². The van der Waals surface area contributed by atoms with Gasteiger partial charge in [0.15, 0.2) is 6.17 Å². The van der Waals surface area contributed by atoms with Crippen molar-refractivity contribution < 1.29 is 4.39 Å². The molecule has 4 nitrogen and oxygen atoms in total. The van der Waals surface area contributed by atoms with Gasteiger partial charge in [-0.2, -0.15) is 0 Å². The van der Waals surface area contributed by atoms with Crippen LogP contribution in [0.15, 0.2) is 36.9 Å². The first-order valence-corrected chi connectivity index (χ1v) is 7.18. The second-order valence-corrected chi connectivity index (χ2v) is 5.68. The van der Waals surface area contributed by atoms with Crippen molar-refractivity contribution in [3.63, 3.8) is 0 Å². The highest BCUT2D eigenvalue weighted by Gasteiger charge is 2.24. The molecular formula is C15H12ClFN4. The van der Waals surface area contributed by atoms with Crippen LogP contribution in [0.2, 0.25) is 5.15 Å². The van der Waals surface area contributed by atoms with Crippen LogP contribution in [-0.2, 0) is 0 Å². The first kappa shape index (κ1) is 12.7. The molecule has 4 rings (SSSR count). The molecule has 0 aliphatic heterocycles. The summed E-state index contributed by atoms with van der Waals surface area (Å²) < 4.78 is 16.4. The zero-order chi connectivity index (χ0) is 14.4. The van der Waals surface area contributed by atoms with Gasteiger partial charge in [-0.15, -0.1) is 0 Å². The predicted octanol–water partition coefficient (Wildman–Crippen LogP) is 3.71. The van der Waals surface area contributed by atoms with Crippen LogP contribution in [-0.4, -0.2) is 19.4 Å². The minimum Gasteiger partial charge on any atom is -0.306 e. The van der Waals surface area contributed by atoms with Crippen molar-refractivity contribution >= 4 is 17.2 Å². The molecule has 1 unspecified atom stereocenters. The van der Waals surface area contributed by atoms with E-state index in [2.05, 4.69) is 21.0 Å². The van der Waals surface area contributed by atoms with E-state index >= 15 is 0 Å². The Morgan fingerprint density at radius 2 is 2.05 bits per heavy atom. The van der Waals surface area contributed by atoms with Crippen LogP contribution < -0.4 is 0 Å². The Morgan fingerprint density at radius 3 is 2.81 bits per heavy atom. The highest BCUT2D eigenvalue weighted by atomic mass is 35.5. The van der Waals surface area contributed by atoms with Gasteiger partial charge in [-0.05, 0) is 30.4 Å². The number of rotatable bonds is 3. The summed E-state index contributed by atoms with van der Waals surface area (Å²) in [6.07, 6.45) is 6.06. The Morgan fingerprint density at radius 1 is 1.19 bits per heavy atom. The maximum Gasteiger partial charge on any atom is 0.185 e. The summed E-state index contributed by atoms with van der Waals surface area (Å²) in [7, 11) is 0. The Hall–Kier alpha value is -2.01. The molecule has 0 bridgehead atoms. The molecule has 1 atom stereocenters. The van der Waals surface area contributed by atoms with E-state index in [1.54, 1.807) is 6.20 Å². The van der Waals surface area contributed by atoms with E-state index < -0.39 is 6.17 Å². The van der Waals surface area contributed by atoms with E-state index in [0.29, 0.717) is 11.6 Å². The number of nitrogens with zero attached hydrogens (tertiary/aromatic N) is 4. The second kappa shape index (κ2) is 4.77. The van der Waals surface area contributed by atoms with Crippen molar-refractivity contribution in [1.82, 2.24) is 19.4 Å². The Kier molecular flexibility index (Phi) is 2.89. The monoisotopic (exact) mass is 302 g/mol. The third-order valence-electron chi connectivity index (χ3n) is 3.72. The molecule has 0 aromatic carbocycles. The third kappa shape index (κ3) is 2.38. The molecule has 3 heterocycles. The van der Waals surface area contributed by atoms with Gasteiger partial charge in [0.25, 0.3) is 0 Å². The molecule has 1 fully saturated rings. The van der Waals surface area contributed by atoms with Crippen molar-refractivity contribution in [2.45, 2.75) is 24.9 Å². The molecule has 6 heteroatoms. The van der Waals surface area contributed by atoms with Crippen LogP contribution in [0.5, 0.6) is 0 Å². The lowest BCUT2D eigenvalue weighted by Gasteiger charge is -2.03. The molecule has 0 radical (unpaired) electrons. The van der Waals surface area contributed by atoms with Gasteiger partial charge in [0, 0.05) is 18.5 Å². The number of fused-ring (bicyclic) bond motifs is 1. The van der Waals surface area contributed by atoms with Crippen molar-refractivity contribution in [3.8, 4) is 0 Å². The third-order valence-corrected chi connectivity index (χ3v) is 3.92. The molecule has 3 aromatic rings. The van der Waals surface area contributed by atoms with Crippen molar-refractivity contribution in [3.05, 3.63) is 59.0 Å². The van der Waals surface area contributed by atoms with Gasteiger partial charge < -0.3 is 4.40 Å². The average Bonchev–Trinajstić information content (AvgIpc) is 3.25. The van der Waals surface area contributed by atoms with Crippen LogP contribution in [0.25, 0.3) is 5.65 Å². The van der Waals surface area contributed by atoms with Crippen LogP contribution in [0.3, 0.4) is 0 Å². The van der Waals surface area contributed by atoms with Crippen molar-refractivity contribution in [1.29, 1.82) is 0 Å². The molecule has 1 aliphatic rings. The fourth-order valence-corrected chi connectivity index (χ4v) is 2.60. The zero-order valence-corrected chi connectivity index (χ0v) is 11.8. The standard InChI is InChI=1S/C15H12ClFN4/c16-13-5-11(18-8-19-13)15(17)12-7-21-6-10(9-1-2-9)3-4-14(21)20-12/h3-9,15H,1-2H2. The van der Waals surface area contributed by atoms with Gasteiger partial charge in [0.05, 0.1) is 11.4 Å². The molecule has 0 amide bonds. The van der Waals surface area contributed by atoms with Crippen molar-refractivity contribution in [2.24, 2.45) is 0 Å². The number of halogens is 2. The molecule has 0 spiro atoms. The average molecular weight is 303 g/mol. The molecule has 0 saturated heterocycles. The minimum atomic E-state index is -1.41. The molecule has 21 heavy (non-hydrogen) atoms. The summed E-state index contributed by atoms with van der Waals surface area (Å²) in [5.41, 5.74) is 2.57. The van der Waals surface area contributed by atoms with E-state index in [9.17, 15) is 4.39 Å². The SMILES string of the molecule is FC(c1cc(Cl)ncn1)c1cn2cc(C3CC3)ccc2n1. The predicted molar refractivity (Wildman–Crippen MR) is 77.2 cm³/mol. The normalized spacial score (nSPS) is 16.3. The van der Waals surface area contributed by atoms with Gasteiger partial charge in [-0.3, -0.25) is 0 Å². The molecule has 0 N–H and O–H groups in total. The second-order valence-electron chi connectivity index (χ2n) is 5.30. The molecule has 1 aliphatic carbocycles. The summed E-state index contributed by atoms with van der Waals surface area (Å²) in [5.74, 6) is 0.655. The topological polar surface area (TPSA) is 43.1 Å². The number of alkyl halides is 1. The van der Waals surface area contributed by atoms with E-state index in [1.165, 1.54) is 30.8 Å². The first-order valence-electron chi connectivity index (χ1n) is 6.81. The quantitative estimate of drug-likeness (QED) is 0.693. The largest absolute Gasteiger partial charge is 0.306 e. The Balaban J connectivity index is 1.72. The lowest BCUT2D eigenvalue weighted by molar-refractivity contribution is 0.386. The van der Waals surface area contributed by atoms with E-state index in [0.717, 1.165) is 5.65 Å². The summed E-state index contributed by atoms with van der Waals surface area (Å²) in [6.45, 7) is 0. The highest BCUT2D eigenvalue weighted by molar-refractivity contribution is 6.29. The maximum atomic E-state index is 14.5. The van der Waals surface area contributed by atoms with Gasteiger partial charge >= 0.3 is 0 Å². The van der Waals surface area contributed by atoms with Gasteiger partial charge in [-0.25, -0.2) is 19.3 Å². The molecule has 3 aromatic heterocycles. The van der Waals surface area contributed by atoms with Gasteiger partial charge in [0.1, 0.15) is 17.1 Å². The number of hydrogen-bond donors (Lipinski definition) is 0. The zero-order valence-electron chi connectivity index (χ0n) is 11.1. The summed E-state index contributed by atoms with van der Waals surface area (Å²) in [5, 5.41) is 0.224. The van der Waals surface area contributed by atoms with Crippen molar-refractivity contribution in [2.75, 3.05) is 0 Å². The van der Waals surface area contributed by atoms with E-state index in [-0.39, 0.29) is 10.8 Å². The fraction of sp³-hybridized carbons (Fsp3) is 0.267. The van der Waals surface area contributed by atoms with Gasteiger partial charge in [0.2, 0.25) is 0 Å². The number of imidazole rings is 1. The first-order chi connectivity index (χ1) is 10.2. The lowest BCUT2D eigenvalue weighted by Crippen LogP contribution is -1.98. The maximum absolute atomic E-state index is 14.5. The smallest absolute Gasteiger partial charge is 0.185 e. The lowest BCUT2D eigenvalue weighted by atomic mass is 10.2. The van der Waals surface area contributed by atoms with Gasteiger partial charge in [-0.1, -0.05) is 17.7 Å². The van der Waals surface area contributed by atoms with E-state index in [1.807, 2.05) is 16.7 Å². The number of hydrogen-bond acceptors (Lipinski definition) is 3. The minimum absolute atomic E-state index is 0.223. The molecule has 1 saturated carbocycles. The fourth-order valence-electron chi connectivity index (χ4n) is 2.45. The summed E-state index contributed by atoms with van der Waals surface area (Å²) >= 11 is 5.77. The summed E-state index contributed by atoms with van der Waals surface area (Å²) in [6, 6.07) is 5.42. The molecular weight excluding hydrogens is 291 g/mol. The molecule has 106 valence electrons. The Bertz CT molecular complexity index is 812. The van der Waals surface area contributed by atoms with Crippen LogP contribution in [0.4, 0.5) is 4.39 Å².